The van der Waals surface area contributed by atoms with Crippen LogP contribution < -0.4 is 0 Å². The normalized spacial score (nSPS) is 11.5. The Kier molecular flexibility index (Phi) is 20.5. The van der Waals surface area contributed by atoms with E-state index in [-0.39, 0.29) is 40.2 Å². The number of nitrogens with zero attached hydrogens (tertiary/aromatic N) is 6. The van der Waals surface area contributed by atoms with Crippen molar-refractivity contribution in [3.8, 4) is 179 Å². The molecule has 618 valence electrons. The third-order valence-corrected chi connectivity index (χ3v) is 25.0. The maximum atomic E-state index is 6.24. The third-order valence-electron chi connectivity index (χ3n) is 25.0. The maximum Gasteiger partial charge on any atom is 3.00 e. The molecule has 25 aromatic rings. The topological polar surface area (TPSA) is 130 Å². The molecule has 0 atom stereocenters. The van der Waals surface area contributed by atoms with Gasteiger partial charge in [0.05, 0.1) is 22.3 Å². The predicted octanol–water partition coefficient (Wildman–Crippen LogP) is 31.1. The second-order valence-electron chi connectivity index (χ2n) is 32.6. The predicted molar refractivity (Wildman–Crippen MR) is 522 cm³/mol. The fourth-order valence-electron chi connectivity index (χ4n) is 18.7. The molecule has 0 N–H and O–H groups in total. The largest absolute Gasteiger partial charge is 3.00 e. The molecule has 0 bridgehead atoms. The summed E-state index contributed by atoms with van der Waals surface area (Å²) in [5.41, 5.74) is 35.1. The van der Waals surface area contributed by atoms with Gasteiger partial charge in [0.2, 0.25) is 0 Å². The van der Waals surface area contributed by atoms with Gasteiger partial charge in [0, 0.05) is 69.9 Å². The Hall–Kier alpha value is -16.3. The fraction of sp³-hybridized carbons (Fsp3) is 0. The zero-order valence-electron chi connectivity index (χ0n) is 70.1. The summed E-state index contributed by atoms with van der Waals surface area (Å²) >= 11 is 0. The first-order valence-electron chi connectivity index (χ1n) is 43.1. The molecule has 0 saturated carbocycles. The van der Waals surface area contributed by atoms with E-state index in [9.17, 15) is 0 Å². The standard InChI is InChI=1S/C120H66N6O4.2Ir/c1-2-21-73(22-3-1)120-125-71-88(72-126-120)119-97(86-59-82(93-27-8-4-23-89(93)78-41-49-107(121-67-78)74-45-53-115-103(63-74)99-31-12-16-37-111(99)127-115)57-83(60-86)94-28-9-5-24-90(94)79-42-50-108(122-68-79)75-46-54-116-104(64-75)100-32-13-17-38-112(100)128-116)35-20-36-98(119)87-61-84(95-29-10-6-25-91(95)80-43-51-109(123-69-80)76-47-55-117-105(65-76)101-33-14-18-39-113(101)129-117)58-85(62-87)96-30-11-7-26-92(96)81-44-52-110(124-70-81)77-48-56-118-106(66-77)102-34-15-19-40-114(102)130-118;;/h1-20,23-44,49-72H;;/q-6;2*+3. The van der Waals surface area contributed by atoms with Crippen LogP contribution in [-0.2, 0) is 40.2 Å². The molecule has 12 heteroatoms. The van der Waals surface area contributed by atoms with Crippen LogP contribution in [0.1, 0.15) is 0 Å². The van der Waals surface area contributed by atoms with E-state index < -0.39 is 0 Å². The van der Waals surface area contributed by atoms with Crippen LogP contribution in [0.5, 0.6) is 0 Å². The van der Waals surface area contributed by atoms with Crippen LogP contribution in [0.3, 0.4) is 0 Å². The van der Waals surface area contributed by atoms with Crippen LogP contribution in [0.2, 0.25) is 0 Å². The van der Waals surface area contributed by atoms with Crippen molar-refractivity contribution >= 4 is 87.8 Å². The van der Waals surface area contributed by atoms with Crippen molar-refractivity contribution in [2.75, 3.05) is 0 Å². The van der Waals surface area contributed by atoms with Gasteiger partial charge in [-0.1, -0.05) is 258 Å². The Bertz CT molecular complexity index is 7880. The van der Waals surface area contributed by atoms with Crippen LogP contribution in [0.4, 0.5) is 0 Å². The van der Waals surface area contributed by atoms with E-state index in [0.29, 0.717) is 11.4 Å². The number of hydrogen-bond donors (Lipinski definition) is 0. The number of benzene rings is 16. The number of aromatic nitrogens is 6. The number of fused-ring (bicyclic) bond motifs is 12. The molecule has 0 saturated heterocycles. The van der Waals surface area contributed by atoms with E-state index in [1.807, 2.05) is 152 Å². The molecule has 0 aliphatic carbocycles. The zero-order chi connectivity index (χ0) is 85.7. The maximum absolute atomic E-state index is 6.24. The summed E-state index contributed by atoms with van der Waals surface area (Å²) in [5, 5.41) is 8.25. The second-order valence-corrected chi connectivity index (χ2v) is 32.6. The van der Waals surface area contributed by atoms with Gasteiger partial charge in [-0.2, -0.15) is 0 Å². The van der Waals surface area contributed by atoms with Gasteiger partial charge in [-0.3, -0.25) is 12.1 Å². The van der Waals surface area contributed by atoms with Crippen LogP contribution >= 0.6 is 0 Å². The van der Waals surface area contributed by atoms with Crippen molar-refractivity contribution in [2.24, 2.45) is 0 Å². The van der Waals surface area contributed by atoms with Gasteiger partial charge in [0.15, 0.2) is 0 Å². The molecule has 0 spiro atoms. The first-order valence-corrected chi connectivity index (χ1v) is 43.1. The number of furan rings is 4. The van der Waals surface area contributed by atoms with Gasteiger partial charge in [-0.05, 0) is 201 Å². The van der Waals surface area contributed by atoms with Crippen LogP contribution in [0, 0.1) is 36.4 Å². The molecule has 0 aliphatic heterocycles. The van der Waals surface area contributed by atoms with Gasteiger partial charge in [-0.15, -0.1) is 95.1 Å². The van der Waals surface area contributed by atoms with Gasteiger partial charge in [-0.25, -0.2) is 23.8 Å². The number of hydrogen-bond acceptors (Lipinski definition) is 10. The van der Waals surface area contributed by atoms with E-state index in [2.05, 4.69) is 285 Å². The molecule has 9 aromatic heterocycles. The molecule has 16 aromatic carbocycles. The quantitative estimate of drug-likeness (QED) is 0.0862. The molecule has 0 radical (unpaired) electrons. The van der Waals surface area contributed by atoms with E-state index in [0.717, 1.165) is 255 Å². The summed E-state index contributed by atoms with van der Waals surface area (Å²) in [4.78, 5) is 31.2. The van der Waals surface area contributed by atoms with Crippen molar-refractivity contribution in [3.05, 3.63) is 438 Å². The molecular weight excluding hydrogens is 1970 g/mol. The molecule has 25 rings (SSSR count). The Morgan fingerprint density at radius 2 is 0.424 bits per heavy atom. The summed E-state index contributed by atoms with van der Waals surface area (Å²) in [6.45, 7) is 0. The SMILES string of the molecule is [Ir+3].[Ir+3].[c-]1ccc[c-]c1-c1ncc(-c2c(-c3cc(-c4ccccc4-c4ccc(-c5[c-]cc6oc7ccccc7c6c5)nc4)cc(-c4ccccc4-c4ccc(-c5[c-]cc6oc7ccccc7c6c5)nc4)c3)cccc2-c2cc(-c3ccccc3-c3ccc(-c4[c-]cc5oc6ccccc6c5c4)nc3)cc(-c3ccccc3-c3ccc(-c4[c-]cc5oc6ccccc6c5c4)nc3)c2)cn1. The average molecular weight is 2040 g/mol. The Balaban J connectivity index is 0.00000494. The molecule has 10 nitrogen and oxygen atoms in total. The molecule has 0 unspecified atom stereocenters. The summed E-state index contributed by atoms with van der Waals surface area (Å²) < 4.78 is 24.9. The number of para-hydroxylation sites is 4. The molecule has 0 aliphatic rings. The minimum absolute atomic E-state index is 0. The van der Waals surface area contributed by atoms with Gasteiger partial charge in [0.1, 0.15) is 22.3 Å². The van der Waals surface area contributed by atoms with Crippen LogP contribution in [0.15, 0.2) is 419 Å². The number of pyridine rings is 4. The summed E-state index contributed by atoms with van der Waals surface area (Å²) in [7, 11) is 0. The minimum Gasteiger partial charge on any atom is -0.500 e. The van der Waals surface area contributed by atoms with Crippen molar-refractivity contribution < 1.29 is 57.9 Å². The van der Waals surface area contributed by atoms with E-state index in [1.54, 1.807) is 0 Å². The molecule has 0 amide bonds. The Labute approximate surface area is 785 Å². The summed E-state index contributed by atoms with van der Waals surface area (Å²) in [6.07, 6.45) is 11.8. The summed E-state index contributed by atoms with van der Waals surface area (Å²) in [6, 6.07) is 147. The van der Waals surface area contributed by atoms with Gasteiger partial charge < -0.3 is 47.6 Å². The average Bonchev–Trinajstić information content (AvgIpc) is 1.50. The Morgan fingerprint density at radius 1 is 0.182 bits per heavy atom. The minimum atomic E-state index is 0. The monoisotopic (exact) mass is 2040 g/mol. The fourth-order valence-corrected chi connectivity index (χ4v) is 18.7. The molecular formula is C120H66Ir2N6O4. The molecule has 0 fully saturated rings. The first kappa shape index (κ1) is 80.3. The van der Waals surface area contributed by atoms with E-state index >= 15 is 0 Å². The van der Waals surface area contributed by atoms with Crippen molar-refractivity contribution in [1.29, 1.82) is 0 Å². The van der Waals surface area contributed by atoms with Crippen molar-refractivity contribution in [3.63, 3.8) is 0 Å². The van der Waals surface area contributed by atoms with E-state index in [1.165, 1.54) is 0 Å². The smallest absolute Gasteiger partial charge is 0.500 e. The zero-order valence-corrected chi connectivity index (χ0v) is 74.9. The summed E-state index contributed by atoms with van der Waals surface area (Å²) in [5.74, 6) is 0.501. The van der Waals surface area contributed by atoms with Gasteiger partial charge >= 0.3 is 40.2 Å². The van der Waals surface area contributed by atoms with Gasteiger partial charge in [0.25, 0.3) is 0 Å². The third kappa shape index (κ3) is 14.5. The van der Waals surface area contributed by atoms with Crippen LogP contribution in [-0.4, -0.2) is 29.9 Å². The Morgan fingerprint density at radius 3 is 0.697 bits per heavy atom. The van der Waals surface area contributed by atoms with Crippen molar-refractivity contribution in [2.45, 2.75) is 0 Å². The molecule has 132 heavy (non-hydrogen) atoms. The number of rotatable bonds is 16. The second kappa shape index (κ2) is 33.7. The van der Waals surface area contributed by atoms with Crippen molar-refractivity contribution in [1.82, 2.24) is 29.9 Å². The molecule has 9 heterocycles. The van der Waals surface area contributed by atoms with E-state index in [4.69, 9.17) is 47.6 Å². The van der Waals surface area contributed by atoms with Crippen LogP contribution in [0.25, 0.3) is 267 Å². The first-order chi connectivity index (χ1) is 64.4.